The molecular formula is C6H15NS. The summed E-state index contributed by atoms with van der Waals surface area (Å²) in [6.45, 7) is 5.02. The number of rotatable bonds is 3. The van der Waals surface area contributed by atoms with E-state index < -0.39 is 0 Å². The molecule has 0 radical (unpaired) electrons. The second kappa shape index (κ2) is 4.21. The van der Waals surface area contributed by atoms with E-state index in [4.69, 9.17) is 5.73 Å². The predicted molar refractivity (Wildman–Crippen MR) is 41.3 cm³/mol. The van der Waals surface area contributed by atoms with E-state index in [1.54, 1.807) is 0 Å². The largest absolute Gasteiger partial charge is 0.330 e. The van der Waals surface area contributed by atoms with Crippen LogP contribution in [0, 0.1) is 5.92 Å². The van der Waals surface area contributed by atoms with Crippen molar-refractivity contribution in [2.75, 3.05) is 6.54 Å². The highest BCUT2D eigenvalue weighted by molar-refractivity contribution is 7.80. The van der Waals surface area contributed by atoms with Crippen molar-refractivity contribution in [3.05, 3.63) is 0 Å². The minimum atomic E-state index is 0.494. The van der Waals surface area contributed by atoms with E-state index in [-0.39, 0.29) is 0 Å². The lowest BCUT2D eigenvalue weighted by molar-refractivity contribution is 0.545. The maximum atomic E-state index is 5.39. The van der Waals surface area contributed by atoms with Gasteiger partial charge in [-0.1, -0.05) is 13.8 Å². The van der Waals surface area contributed by atoms with Crippen LogP contribution in [-0.2, 0) is 0 Å². The van der Waals surface area contributed by atoms with Crippen molar-refractivity contribution < 1.29 is 0 Å². The topological polar surface area (TPSA) is 26.0 Å². The van der Waals surface area contributed by atoms with Gasteiger partial charge in [0.15, 0.2) is 0 Å². The zero-order valence-corrected chi connectivity index (χ0v) is 6.49. The molecule has 0 spiro atoms. The lowest BCUT2D eigenvalue weighted by Crippen LogP contribution is -2.13. The molecule has 0 bridgehead atoms. The molecule has 2 heteroatoms. The summed E-state index contributed by atoms with van der Waals surface area (Å²) in [5.74, 6) is 0.627. The molecular weight excluding hydrogens is 118 g/mol. The molecule has 0 aromatic heterocycles. The normalized spacial score (nSPS) is 18.0. The Balaban J connectivity index is 3.10. The highest BCUT2D eigenvalue weighted by atomic mass is 32.1. The lowest BCUT2D eigenvalue weighted by atomic mass is 10.1. The van der Waals surface area contributed by atoms with Crippen LogP contribution in [0.3, 0.4) is 0 Å². The molecule has 2 atom stereocenters. The summed E-state index contributed by atoms with van der Waals surface area (Å²) in [5.41, 5.74) is 5.39. The van der Waals surface area contributed by atoms with Crippen LogP contribution in [0.5, 0.6) is 0 Å². The summed E-state index contributed by atoms with van der Waals surface area (Å²) in [5, 5.41) is 0.494. The molecule has 0 amide bonds. The zero-order chi connectivity index (χ0) is 6.57. The van der Waals surface area contributed by atoms with Crippen molar-refractivity contribution in [2.24, 2.45) is 11.7 Å². The molecule has 0 aromatic carbocycles. The van der Waals surface area contributed by atoms with Gasteiger partial charge >= 0.3 is 0 Å². The summed E-state index contributed by atoms with van der Waals surface area (Å²) >= 11 is 4.24. The predicted octanol–water partition coefficient (Wildman–Crippen LogP) is 1.29. The molecule has 0 aromatic rings. The number of hydrogen-bond acceptors (Lipinski definition) is 2. The third kappa shape index (κ3) is 4.47. The second-order valence-corrected chi connectivity index (χ2v) is 3.31. The van der Waals surface area contributed by atoms with Crippen LogP contribution >= 0.6 is 12.6 Å². The van der Waals surface area contributed by atoms with Crippen LogP contribution in [0.4, 0.5) is 0 Å². The van der Waals surface area contributed by atoms with Gasteiger partial charge < -0.3 is 5.73 Å². The van der Waals surface area contributed by atoms with Gasteiger partial charge in [-0.3, -0.25) is 0 Å². The summed E-state index contributed by atoms with van der Waals surface area (Å²) < 4.78 is 0. The van der Waals surface area contributed by atoms with Gasteiger partial charge in [0.25, 0.3) is 0 Å². The molecule has 0 rings (SSSR count). The van der Waals surface area contributed by atoms with E-state index in [1.807, 2.05) is 0 Å². The Hall–Kier alpha value is 0.310. The van der Waals surface area contributed by atoms with E-state index in [0.29, 0.717) is 11.2 Å². The molecule has 2 unspecified atom stereocenters. The van der Waals surface area contributed by atoms with Gasteiger partial charge in [0.05, 0.1) is 0 Å². The molecule has 0 aliphatic heterocycles. The van der Waals surface area contributed by atoms with Gasteiger partial charge in [0.2, 0.25) is 0 Å². The molecule has 1 nitrogen and oxygen atoms in total. The van der Waals surface area contributed by atoms with Crippen molar-refractivity contribution in [3.8, 4) is 0 Å². The van der Waals surface area contributed by atoms with Gasteiger partial charge in [0, 0.05) is 0 Å². The Labute approximate surface area is 57.1 Å². The third-order valence-electron chi connectivity index (χ3n) is 1.15. The van der Waals surface area contributed by atoms with Crippen molar-refractivity contribution in [3.63, 3.8) is 0 Å². The first kappa shape index (κ1) is 8.31. The first-order valence-corrected chi connectivity index (χ1v) is 3.56. The van der Waals surface area contributed by atoms with Gasteiger partial charge in [-0.15, -0.1) is 0 Å². The van der Waals surface area contributed by atoms with Crippen molar-refractivity contribution in [1.29, 1.82) is 0 Å². The zero-order valence-electron chi connectivity index (χ0n) is 5.59. The van der Waals surface area contributed by atoms with Crippen LogP contribution < -0.4 is 5.73 Å². The molecule has 0 aliphatic rings. The maximum Gasteiger partial charge on any atom is -0.000858 e. The maximum absolute atomic E-state index is 5.39. The first-order valence-electron chi connectivity index (χ1n) is 3.05. The van der Waals surface area contributed by atoms with Crippen LogP contribution in [0.1, 0.15) is 20.3 Å². The molecule has 0 heterocycles. The smallest absolute Gasteiger partial charge is 0.000858 e. The van der Waals surface area contributed by atoms with Crippen LogP contribution in [0.15, 0.2) is 0 Å². The fraction of sp³-hybridized carbons (Fsp3) is 1.00. The van der Waals surface area contributed by atoms with Gasteiger partial charge in [-0.25, -0.2) is 0 Å². The molecule has 2 N–H and O–H groups in total. The fourth-order valence-electron chi connectivity index (χ4n) is 0.679. The molecule has 0 saturated heterocycles. The average Bonchev–Trinajstić information content (AvgIpc) is 1.65. The Morgan fingerprint density at radius 2 is 2.00 bits per heavy atom. The Bertz CT molecular complexity index is 54.5. The highest BCUT2D eigenvalue weighted by Crippen LogP contribution is 2.07. The summed E-state index contributed by atoms with van der Waals surface area (Å²) in [6.07, 6.45) is 1.12. The highest BCUT2D eigenvalue weighted by Gasteiger charge is 2.01. The van der Waals surface area contributed by atoms with E-state index >= 15 is 0 Å². The summed E-state index contributed by atoms with van der Waals surface area (Å²) in [7, 11) is 0. The molecule has 0 fully saturated rings. The van der Waals surface area contributed by atoms with Gasteiger partial charge in [-0.05, 0) is 24.1 Å². The summed E-state index contributed by atoms with van der Waals surface area (Å²) in [6, 6.07) is 0. The molecule has 50 valence electrons. The summed E-state index contributed by atoms with van der Waals surface area (Å²) in [4.78, 5) is 0. The molecule has 0 saturated carbocycles. The van der Waals surface area contributed by atoms with Crippen molar-refractivity contribution in [2.45, 2.75) is 25.5 Å². The van der Waals surface area contributed by atoms with Crippen LogP contribution in [-0.4, -0.2) is 11.8 Å². The molecule has 8 heavy (non-hydrogen) atoms. The van der Waals surface area contributed by atoms with Gasteiger partial charge in [-0.2, -0.15) is 12.6 Å². The Kier molecular flexibility index (Phi) is 4.38. The number of nitrogens with two attached hydrogens (primary N) is 1. The first-order chi connectivity index (χ1) is 3.66. The van der Waals surface area contributed by atoms with Crippen molar-refractivity contribution >= 4 is 12.6 Å². The van der Waals surface area contributed by atoms with Crippen LogP contribution in [0.25, 0.3) is 0 Å². The van der Waals surface area contributed by atoms with Gasteiger partial charge in [0.1, 0.15) is 0 Å². The Morgan fingerprint density at radius 1 is 1.50 bits per heavy atom. The standard InChI is InChI=1S/C6H15NS/c1-5(4-7)3-6(2)8/h5-6,8H,3-4,7H2,1-2H3. The van der Waals surface area contributed by atoms with E-state index in [1.165, 1.54) is 0 Å². The van der Waals surface area contributed by atoms with Crippen molar-refractivity contribution in [1.82, 2.24) is 0 Å². The quantitative estimate of drug-likeness (QED) is 0.557. The molecule has 0 aliphatic carbocycles. The number of hydrogen-bond donors (Lipinski definition) is 2. The minimum absolute atomic E-state index is 0.494. The number of thiol groups is 1. The van der Waals surface area contributed by atoms with E-state index in [2.05, 4.69) is 26.5 Å². The Morgan fingerprint density at radius 3 is 2.12 bits per heavy atom. The van der Waals surface area contributed by atoms with E-state index in [0.717, 1.165) is 13.0 Å². The second-order valence-electron chi connectivity index (χ2n) is 2.43. The van der Waals surface area contributed by atoms with Crippen LogP contribution in [0.2, 0.25) is 0 Å². The monoisotopic (exact) mass is 133 g/mol. The third-order valence-corrected chi connectivity index (χ3v) is 1.36. The average molecular weight is 133 g/mol. The SMILES string of the molecule is CC(S)CC(C)CN. The lowest BCUT2D eigenvalue weighted by Gasteiger charge is -2.08. The minimum Gasteiger partial charge on any atom is -0.330 e. The van der Waals surface area contributed by atoms with E-state index in [9.17, 15) is 0 Å². The fourth-order valence-corrected chi connectivity index (χ4v) is 1.04.